The van der Waals surface area contributed by atoms with Crippen LogP contribution in [0.3, 0.4) is 0 Å². The molecule has 1 rings (SSSR count). The Morgan fingerprint density at radius 2 is 2.08 bits per heavy atom. The molecule has 0 bridgehead atoms. The molecule has 0 saturated carbocycles. The van der Waals surface area contributed by atoms with Gasteiger partial charge in [-0.05, 0) is 12.1 Å². The zero-order chi connectivity index (χ0) is 8.97. The summed E-state index contributed by atoms with van der Waals surface area (Å²) in [5, 5.41) is 21.3. The number of anilines is 1. The molecule has 0 spiro atoms. The molecule has 1 aromatic heterocycles. The van der Waals surface area contributed by atoms with Crippen molar-refractivity contribution in [3.8, 4) is 0 Å². The predicted molar refractivity (Wildman–Crippen MR) is 50.9 cm³/mol. The molecule has 0 atom stereocenters. The van der Waals surface area contributed by atoms with Crippen LogP contribution < -0.4 is 5.32 Å². The second-order valence-corrected chi connectivity index (χ2v) is 4.03. The van der Waals surface area contributed by atoms with Crippen LogP contribution in [0.25, 0.3) is 0 Å². The molecule has 68 valence electrons. The van der Waals surface area contributed by atoms with E-state index >= 15 is 0 Å². The number of halogens is 1. The van der Waals surface area contributed by atoms with E-state index in [4.69, 9.17) is 21.8 Å². The predicted octanol–water partition coefficient (Wildman–Crippen LogP) is 1.17. The molecule has 0 amide bonds. The van der Waals surface area contributed by atoms with Crippen molar-refractivity contribution in [2.45, 2.75) is 6.04 Å². The van der Waals surface area contributed by atoms with Gasteiger partial charge in [0.15, 0.2) is 0 Å². The quantitative estimate of drug-likeness (QED) is 0.695. The van der Waals surface area contributed by atoms with Crippen molar-refractivity contribution in [2.24, 2.45) is 0 Å². The van der Waals surface area contributed by atoms with Crippen LogP contribution in [0.15, 0.2) is 12.1 Å². The van der Waals surface area contributed by atoms with Gasteiger partial charge in [0.1, 0.15) is 0 Å². The number of hydrogen-bond donors (Lipinski definition) is 3. The first-order valence-electron chi connectivity index (χ1n) is 3.50. The van der Waals surface area contributed by atoms with E-state index in [2.05, 4.69) is 5.32 Å². The second-order valence-electron chi connectivity index (χ2n) is 2.31. The number of aliphatic hydroxyl groups is 2. The number of rotatable bonds is 4. The van der Waals surface area contributed by atoms with Crippen LogP contribution in [0.5, 0.6) is 0 Å². The lowest BCUT2D eigenvalue weighted by Crippen LogP contribution is -2.27. The molecule has 0 radical (unpaired) electrons. The Bertz CT molecular complexity index is 237. The van der Waals surface area contributed by atoms with Gasteiger partial charge in [-0.2, -0.15) is 0 Å². The van der Waals surface area contributed by atoms with E-state index in [0.717, 1.165) is 5.00 Å². The van der Waals surface area contributed by atoms with Crippen molar-refractivity contribution in [1.82, 2.24) is 0 Å². The van der Waals surface area contributed by atoms with Crippen molar-refractivity contribution < 1.29 is 10.2 Å². The van der Waals surface area contributed by atoms with Gasteiger partial charge in [-0.3, -0.25) is 0 Å². The fourth-order valence-electron chi connectivity index (χ4n) is 0.742. The lowest BCUT2D eigenvalue weighted by Gasteiger charge is -2.12. The maximum absolute atomic E-state index is 8.74. The summed E-state index contributed by atoms with van der Waals surface area (Å²) < 4.78 is 0.687. The Hall–Kier alpha value is -0.290. The molecule has 0 aliphatic carbocycles. The van der Waals surface area contributed by atoms with Crippen LogP contribution in [0, 0.1) is 0 Å². The zero-order valence-electron chi connectivity index (χ0n) is 6.33. The Morgan fingerprint density at radius 3 is 2.50 bits per heavy atom. The standard InChI is InChI=1S/C7H10ClNO2S/c8-6-1-2-7(12-6)9-5(3-10)4-11/h1-2,5,9-11H,3-4H2. The van der Waals surface area contributed by atoms with Crippen LogP contribution >= 0.6 is 22.9 Å². The van der Waals surface area contributed by atoms with Crippen molar-refractivity contribution in [3.05, 3.63) is 16.5 Å². The molecule has 1 aromatic rings. The third-order valence-electron chi connectivity index (χ3n) is 1.36. The second kappa shape index (κ2) is 4.67. The fraction of sp³-hybridized carbons (Fsp3) is 0.429. The molecule has 0 aromatic carbocycles. The van der Waals surface area contributed by atoms with Gasteiger partial charge in [0, 0.05) is 0 Å². The average Bonchev–Trinajstić information content (AvgIpc) is 2.47. The molecule has 0 aliphatic rings. The molecule has 0 fully saturated rings. The Labute approximate surface area is 79.6 Å². The van der Waals surface area contributed by atoms with Gasteiger partial charge in [0.05, 0.1) is 28.6 Å². The van der Waals surface area contributed by atoms with Crippen LogP contribution in [0.1, 0.15) is 0 Å². The monoisotopic (exact) mass is 207 g/mol. The summed E-state index contributed by atoms with van der Waals surface area (Å²) in [7, 11) is 0. The third-order valence-corrected chi connectivity index (χ3v) is 2.52. The smallest absolute Gasteiger partial charge is 0.0950 e. The molecule has 0 aliphatic heterocycles. The van der Waals surface area contributed by atoms with Gasteiger partial charge >= 0.3 is 0 Å². The number of thiophene rings is 1. The minimum Gasteiger partial charge on any atom is -0.394 e. The topological polar surface area (TPSA) is 52.5 Å². The van der Waals surface area contributed by atoms with Gasteiger partial charge in [-0.25, -0.2) is 0 Å². The summed E-state index contributed by atoms with van der Waals surface area (Å²) in [4.78, 5) is 0. The molecule has 1 heterocycles. The normalized spacial score (nSPS) is 10.7. The summed E-state index contributed by atoms with van der Waals surface area (Å²) in [6, 6.07) is 3.27. The minimum atomic E-state index is -0.306. The summed E-state index contributed by atoms with van der Waals surface area (Å²) in [6.45, 7) is -0.183. The van der Waals surface area contributed by atoms with Crippen molar-refractivity contribution in [3.63, 3.8) is 0 Å². The molecule has 3 N–H and O–H groups in total. The maximum Gasteiger partial charge on any atom is 0.0950 e. The maximum atomic E-state index is 8.74. The fourth-order valence-corrected chi connectivity index (χ4v) is 1.76. The molecule has 12 heavy (non-hydrogen) atoms. The van der Waals surface area contributed by atoms with Crippen LogP contribution in [0.4, 0.5) is 5.00 Å². The lowest BCUT2D eigenvalue weighted by molar-refractivity contribution is 0.204. The van der Waals surface area contributed by atoms with Crippen molar-refractivity contribution in [2.75, 3.05) is 18.5 Å². The van der Waals surface area contributed by atoms with E-state index in [1.165, 1.54) is 11.3 Å². The summed E-state index contributed by atoms with van der Waals surface area (Å²) in [5.41, 5.74) is 0. The highest BCUT2D eigenvalue weighted by Crippen LogP contribution is 2.26. The number of hydrogen-bond acceptors (Lipinski definition) is 4. The Kier molecular flexibility index (Phi) is 3.81. The van der Waals surface area contributed by atoms with Crippen molar-refractivity contribution >= 4 is 27.9 Å². The van der Waals surface area contributed by atoms with Gasteiger partial charge < -0.3 is 15.5 Å². The van der Waals surface area contributed by atoms with Crippen molar-refractivity contribution in [1.29, 1.82) is 0 Å². The highest BCUT2D eigenvalue weighted by atomic mass is 35.5. The average molecular weight is 208 g/mol. The zero-order valence-corrected chi connectivity index (χ0v) is 7.90. The van der Waals surface area contributed by atoms with E-state index in [9.17, 15) is 0 Å². The SMILES string of the molecule is OCC(CO)Nc1ccc(Cl)s1. The molecular weight excluding hydrogens is 198 g/mol. The minimum absolute atomic E-state index is 0.0913. The number of nitrogens with one attached hydrogen (secondary N) is 1. The lowest BCUT2D eigenvalue weighted by atomic mass is 10.3. The summed E-state index contributed by atoms with van der Waals surface area (Å²) in [6.07, 6.45) is 0. The van der Waals surface area contributed by atoms with E-state index in [-0.39, 0.29) is 19.3 Å². The highest BCUT2D eigenvalue weighted by Gasteiger charge is 2.05. The summed E-state index contributed by atoms with van der Waals surface area (Å²) >= 11 is 7.06. The summed E-state index contributed by atoms with van der Waals surface area (Å²) in [5.74, 6) is 0. The van der Waals surface area contributed by atoms with Crippen LogP contribution in [-0.4, -0.2) is 29.5 Å². The molecule has 0 saturated heterocycles. The first kappa shape index (κ1) is 9.80. The number of aliphatic hydroxyl groups excluding tert-OH is 2. The van der Waals surface area contributed by atoms with E-state index in [0.29, 0.717) is 4.34 Å². The molecule has 3 nitrogen and oxygen atoms in total. The molecule has 0 unspecified atom stereocenters. The van der Waals surface area contributed by atoms with Gasteiger partial charge in [-0.15, -0.1) is 11.3 Å². The highest BCUT2D eigenvalue weighted by molar-refractivity contribution is 7.19. The van der Waals surface area contributed by atoms with E-state index < -0.39 is 0 Å². The molecule has 5 heteroatoms. The third kappa shape index (κ3) is 2.64. The molecular formula is C7H10ClNO2S. The van der Waals surface area contributed by atoms with E-state index in [1.807, 2.05) is 6.07 Å². The Morgan fingerprint density at radius 1 is 1.42 bits per heavy atom. The van der Waals surface area contributed by atoms with E-state index in [1.54, 1.807) is 6.07 Å². The largest absolute Gasteiger partial charge is 0.394 e. The van der Waals surface area contributed by atoms with Crippen LogP contribution in [-0.2, 0) is 0 Å². The van der Waals surface area contributed by atoms with Gasteiger partial charge in [-0.1, -0.05) is 11.6 Å². The van der Waals surface area contributed by atoms with Gasteiger partial charge in [0.25, 0.3) is 0 Å². The van der Waals surface area contributed by atoms with Gasteiger partial charge in [0.2, 0.25) is 0 Å². The first-order chi connectivity index (χ1) is 5.76. The Balaban J connectivity index is 2.50. The first-order valence-corrected chi connectivity index (χ1v) is 4.69. The van der Waals surface area contributed by atoms with Crippen LogP contribution in [0.2, 0.25) is 4.34 Å².